The van der Waals surface area contributed by atoms with Gasteiger partial charge >= 0.3 is 5.97 Å². The van der Waals surface area contributed by atoms with Crippen molar-refractivity contribution in [2.75, 3.05) is 0 Å². The lowest BCUT2D eigenvalue weighted by atomic mass is 10.1. The van der Waals surface area contributed by atoms with E-state index in [-0.39, 0.29) is 6.42 Å². The van der Waals surface area contributed by atoms with Crippen LogP contribution in [-0.2, 0) is 4.79 Å². The second kappa shape index (κ2) is 12.6. The molecule has 3 nitrogen and oxygen atoms in total. The van der Waals surface area contributed by atoms with Crippen LogP contribution in [0.4, 0.5) is 0 Å². The number of hydrogen-bond donors (Lipinski definition) is 2. The number of aliphatic carboxylic acids is 1. The molecule has 0 spiro atoms. The summed E-state index contributed by atoms with van der Waals surface area (Å²) in [7, 11) is 0. The molecule has 2 N–H and O–H groups in total. The fraction of sp³-hybridized carbons (Fsp3) is 0.800. The molecule has 0 radical (unpaired) electrons. The van der Waals surface area contributed by atoms with Gasteiger partial charge in [-0.25, -0.2) is 4.79 Å². The van der Waals surface area contributed by atoms with Crippen molar-refractivity contribution < 1.29 is 15.0 Å². The van der Waals surface area contributed by atoms with E-state index in [1.807, 2.05) is 6.08 Å². The molecule has 0 heterocycles. The van der Waals surface area contributed by atoms with Crippen molar-refractivity contribution in [1.82, 2.24) is 0 Å². The molecular weight excluding hydrogens is 228 g/mol. The molecule has 0 aromatic heterocycles. The summed E-state index contributed by atoms with van der Waals surface area (Å²) >= 11 is 0. The van der Waals surface area contributed by atoms with Gasteiger partial charge in [0, 0.05) is 6.42 Å². The Morgan fingerprint density at radius 3 is 2.11 bits per heavy atom. The predicted molar refractivity (Wildman–Crippen MR) is 74.6 cm³/mol. The van der Waals surface area contributed by atoms with E-state index >= 15 is 0 Å². The molecule has 0 aromatic rings. The maximum Gasteiger partial charge on any atom is 0.332 e. The van der Waals surface area contributed by atoms with Gasteiger partial charge in [-0.05, 0) is 12.8 Å². The number of unbranched alkanes of at least 4 members (excludes halogenated alkanes) is 8. The van der Waals surface area contributed by atoms with E-state index in [4.69, 9.17) is 10.2 Å². The zero-order valence-electron chi connectivity index (χ0n) is 11.6. The molecule has 0 aliphatic carbocycles. The van der Waals surface area contributed by atoms with Crippen molar-refractivity contribution in [2.45, 2.75) is 77.2 Å². The van der Waals surface area contributed by atoms with E-state index in [0.717, 1.165) is 12.8 Å². The molecule has 106 valence electrons. The third kappa shape index (κ3) is 11.6. The maximum absolute atomic E-state index is 10.3. The molecule has 0 saturated heterocycles. The summed E-state index contributed by atoms with van der Waals surface area (Å²) in [6, 6.07) is 0. The number of rotatable bonds is 12. The Morgan fingerprint density at radius 2 is 1.56 bits per heavy atom. The quantitative estimate of drug-likeness (QED) is 0.411. The van der Waals surface area contributed by atoms with Gasteiger partial charge in [-0.1, -0.05) is 64.0 Å². The number of aliphatic hydroxyl groups is 1. The molecule has 1 unspecified atom stereocenters. The molecule has 0 saturated carbocycles. The summed E-state index contributed by atoms with van der Waals surface area (Å²) in [4.78, 5) is 10.3. The van der Waals surface area contributed by atoms with Crippen LogP contribution in [0.2, 0.25) is 0 Å². The molecule has 18 heavy (non-hydrogen) atoms. The third-order valence-electron chi connectivity index (χ3n) is 3.04. The van der Waals surface area contributed by atoms with Gasteiger partial charge in [0.05, 0.1) is 0 Å². The van der Waals surface area contributed by atoms with Crippen molar-refractivity contribution in [3.63, 3.8) is 0 Å². The van der Waals surface area contributed by atoms with Gasteiger partial charge in [0.1, 0.15) is 0 Å². The van der Waals surface area contributed by atoms with Gasteiger partial charge in [0.2, 0.25) is 0 Å². The fourth-order valence-electron chi connectivity index (χ4n) is 1.84. The van der Waals surface area contributed by atoms with E-state index in [2.05, 4.69) is 6.92 Å². The van der Waals surface area contributed by atoms with Gasteiger partial charge in [-0.3, -0.25) is 0 Å². The van der Waals surface area contributed by atoms with Crippen LogP contribution in [0.3, 0.4) is 0 Å². The molecule has 0 rings (SSSR count). The summed E-state index contributed by atoms with van der Waals surface area (Å²) in [5.74, 6) is -1.15. The number of carboxylic acid groups (broad SMARTS) is 1. The van der Waals surface area contributed by atoms with Crippen LogP contribution >= 0.6 is 0 Å². The lowest BCUT2D eigenvalue weighted by molar-refractivity contribution is -0.146. The van der Waals surface area contributed by atoms with Crippen LogP contribution in [0.25, 0.3) is 0 Å². The average molecular weight is 256 g/mol. The molecule has 0 fully saturated rings. The van der Waals surface area contributed by atoms with Gasteiger partial charge in [-0.2, -0.15) is 0 Å². The second-order valence-electron chi connectivity index (χ2n) is 4.82. The zero-order chi connectivity index (χ0) is 13.6. The van der Waals surface area contributed by atoms with Gasteiger partial charge < -0.3 is 10.2 Å². The largest absolute Gasteiger partial charge is 0.479 e. The molecular formula is C15H28O3. The Labute approximate surface area is 111 Å². The van der Waals surface area contributed by atoms with E-state index in [0.29, 0.717) is 0 Å². The Hall–Kier alpha value is -0.830. The minimum Gasteiger partial charge on any atom is -0.479 e. The molecule has 0 bridgehead atoms. The lowest BCUT2D eigenvalue weighted by Gasteiger charge is -2.01. The van der Waals surface area contributed by atoms with Crippen LogP contribution in [0, 0.1) is 0 Å². The van der Waals surface area contributed by atoms with Gasteiger partial charge in [0.25, 0.3) is 0 Å². The molecule has 0 aliphatic heterocycles. The van der Waals surface area contributed by atoms with E-state index in [1.165, 1.54) is 44.9 Å². The highest BCUT2D eigenvalue weighted by Crippen LogP contribution is 2.09. The Bertz CT molecular complexity index is 224. The first kappa shape index (κ1) is 17.2. The SMILES string of the molecule is CCCCCCCCCCC=CCC(O)C(=O)O. The maximum atomic E-state index is 10.3. The van der Waals surface area contributed by atoms with Crippen LogP contribution < -0.4 is 0 Å². The van der Waals surface area contributed by atoms with E-state index in [1.54, 1.807) is 6.08 Å². The number of carboxylic acids is 1. The second-order valence-corrected chi connectivity index (χ2v) is 4.82. The summed E-state index contributed by atoms with van der Waals surface area (Å²) in [5.41, 5.74) is 0. The normalized spacial score (nSPS) is 13.0. The summed E-state index contributed by atoms with van der Waals surface area (Å²) < 4.78 is 0. The lowest BCUT2D eigenvalue weighted by Crippen LogP contribution is -2.17. The van der Waals surface area contributed by atoms with Crippen molar-refractivity contribution in [3.05, 3.63) is 12.2 Å². The number of hydrogen-bond acceptors (Lipinski definition) is 2. The highest BCUT2D eigenvalue weighted by molar-refractivity contribution is 5.72. The highest BCUT2D eigenvalue weighted by atomic mass is 16.4. The standard InChI is InChI=1S/C15H28O3/c1-2-3-4-5-6-7-8-9-10-11-12-13-14(16)15(17)18/h11-12,14,16H,2-10,13H2,1H3,(H,17,18). The minimum absolute atomic E-state index is 0.215. The monoisotopic (exact) mass is 256 g/mol. The minimum atomic E-state index is -1.25. The predicted octanol–water partition coefficient (Wildman–Crippen LogP) is 3.91. The number of allylic oxidation sites excluding steroid dienone is 1. The van der Waals surface area contributed by atoms with Crippen LogP contribution in [0.15, 0.2) is 12.2 Å². The van der Waals surface area contributed by atoms with E-state index in [9.17, 15) is 4.79 Å². The fourth-order valence-corrected chi connectivity index (χ4v) is 1.84. The smallest absolute Gasteiger partial charge is 0.332 e. The van der Waals surface area contributed by atoms with Crippen molar-refractivity contribution in [1.29, 1.82) is 0 Å². The molecule has 0 aromatic carbocycles. The van der Waals surface area contributed by atoms with Crippen LogP contribution in [-0.4, -0.2) is 22.3 Å². The first-order chi connectivity index (χ1) is 8.68. The average Bonchev–Trinajstić information content (AvgIpc) is 2.35. The van der Waals surface area contributed by atoms with E-state index < -0.39 is 12.1 Å². The van der Waals surface area contributed by atoms with Crippen molar-refractivity contribution >= 4 is 5.97 Å². The topological polar surface area (TPSA) is 57.5 Å². The van der Waals surface area contributed by atoms with Crippen LogP contribution in [0.1, 0.15) is 71.1 Å². The number of aliphatic hydroxyl groups excluding tert-OH is 1. The Morgan fingerprint density at radius 1 is 1.00 bits per heavy atom. The van der Waals surface area contributed by atoms with Crippen molar-refractivity contribution in [3.8, 4) is 0 Å². The molecule has 1 atom stereocenters. The van der Waals surface area contributed by atoms with Gasteiger partial charge in [0.15, 0.2) is 6.10 Å². The highest BCUT2D eigenvalue weighted by Gasteiger charge is 2.09. The molecule has 0 amide bonds. The Balaban J connectivity index is 3.20. The zero-order valence-corrected chi connectivity index (χ0v) is 11.6. The Kier molecular flexibility index (Phi) is 12.0. The summed E-state index contributed by atoms with van der Waals surface area (Å²) in [5, 5.41) is 17.5. The summed E-state index contributed by atoms with van der Waals surface area (Å²) in [6.45, 7) is 2.23. The molecule has 0 aliphatic rings. The number of carbonyl (C=O) groups is 1. The van der Waals surface area contributed by atoms with Crippen molar-refractivity contribution in [2.24, 2.45) is 0 Å². The first-order valence-electron chi connectivity index (χ1n) is 7.24. The summed E-state index contributed by atoms with van der Waals surface area (Å²) in [6.07, 6.45) is 14.1. The van der Waals surface area contributed by atoms with Crippen LogP contribution in [0.5, 0.6) is 0 Å². The molecule has 3 heteroatoms. The third-order valence-corrected chi connectivity index (χ3v) is 3.04. The van der Waals surface area contributed by atoms with Gasteiger partial charge in [-0.15, -0.1) is 0 Å². The first-order valence-corrected chi connectivity index (χ1v) is 7.24.